The first kappa shape index (κ1) is 16.2. The molecule has 1 atom stereocenters. The minimum absolute atomic E-state index is 0.105. The molecule has 1 N–H and O–H groups in total. The first-order valence-corrected chi connectivity index (χ1v) is 8.52. The van der Waals surface area contributed by atoms with Crippen molar-refractivity contribution in [1.82, 2.24) is 10.3 Å². The lowest BCUT2D eigenvalue weighted by Crippen LogP contribution is -2.35. The average Bonchev–Trinajstić information content (AvgIpc) is 2.89. The maximum atomic E-state index is 4.92. The van der Waals surface area contributed by atoms with E-state index >= 15 is 0 Å². The van der Waals surface area contributed by atoms with Crippen LogP contribution in [0, 0.1) is 0 Å². The molecule has 0 saturated heterocycles. The summed E-state index contributed by atoms with van der Waals surface area (Å²) in [5, 5.41) is 4.81. The van der Waals surface area contributed by atoms with Crippen LogP contribution >= 0.6 is 11.3 Å². The molecular formula is C18H26N2S. The van der Waals surface area contributed by atoms with Gasteiger partial charge >= 0.3 is 0 Å². The van der Waals surface area contributed by atoms with Gasteiger partial charge in [-0.3, -0.25) is 0 Å². The third kappa shape index (κ3) is 4.39. The van der Waals surface area contributed by atoms with E-state index in [9.17, 15) is 0 Å². The Morgan fingerprint density at radius 3 is 2.43 bits per heavy atom. The van der Waals surface area contributed by atoms with Crippen LogP contribution in [-0.2, 0) is 6.54 Å². The number of rotatable bonds is 5. The van der Waals surface area contributed by atoms with Gasteiger partial charge in [0, 0.05) is 18.0 Å². The summed E-state index contributed by atoms with van der Waals surface area (Å²) in [5.41, 5.74) is 2.56. The highest BCUT2D eigenvalue weighted by Crippen LogP contribution is 2.34. The molecule has 21 heavy (non-hydrogen) atoms. The number of nitrogens with one attached hydrogen (secondary N) is 1. The molecule has 0 bridgehead atoms. The second-order valence-electron chi connectivity index (χ2n) is 6.61. The minimum atomic E-state index is 0.105. The zero-order valence-corrected chi connectivity index (χ0v) is 14.6. The molecule has 2 aromatic rings. The number of hydrogen-bond donors (Lipinski definition) is 1. The Labute approximate surface area is 132 Å². The fourth-order valence-electron chi connectivity index (χ4n) is 2.04. The van der Waals surface area contributed by atoms with Crippen LogP contribution in [0.5, 0.6) is 0 Å². The highest BCUT2D eigenvalue weighted by Gasteiger charge is 2.18. The third-order valence-corrected chi connectivity index (χ3v) is 4.95. The van der Waals surface area contributed by atoms with Gasteiger partial charge in [0.25, 0.3) is 0 Å². The molecule has 1 unspecified atom stereocenters. The average molecular weight is 302 g/mol. The molecule has 0 aliphatic heterocycles. The van der Waals surface area contributed by atoms with Gasteiger partial charge in [0.05, 0.1) is 15.6 Å². The molecular weight excluding hydrogens is 276 g/mol. The molecule has 2 nitrogen and oxygen atoms in total. The van der Waals surface area contributed by atoms with Crippen molar-refractivity contribution >= 4 is 11.3 Å². The Balaban J connectivity index is 2.34. The van der Waals surface area contributed by atoms with Gasteiger partial charge in [-0.25, -0.2) is 4.98 Å². The number of hydrogen-bond acceptors (Lipinski definition) is 3. The molecule has 1 aromatic heterocycles. The largest absolute Gasteiger partial charge is 0.306 e. The van der Waals surface area contributed by atoms with Gasteiger partial charge in [-0.15, -0.1) is 11.3 Å². The predicted molar refractivity (Wildman–Crippen MR) is 92.8 cm³/mol. The van der Waals surface area contributed by atoms with Gasteiger partial charge in [-0.05, 0) is 32.8 Å². The molecule has 0 radical (unpaired) electrons. The fourth-order valence-corrected chi connectivity index (χ4v) is 3.26. The van der Waals surface area contributed by atoms with Crippen molar-refractivity contribution in [3.05, 3.63) is 41.0 Å². The Hall–Kier alpha value is -1.19. The van der Waals surface area contributed by atoms with Gasteiger partial charge in [0.2, 0.25) is 0 Å². The number of thiazole rings is 1. The lowest BCUT2D eigenvalue weighted by molar-refractivity contribution is 0.422. The van der Waals surface area contributed by atoms with Crippen molar-refractivity contribution < 1.29 is 0 Å². The van der Waals surface area contributed by atoms with Crippen LogP contribution in [0.4, 0.5) is 0 Å². The molecule has 3 heteroatoms. The topological polar surface area (TPSA) is 24.9 Å². The standard InChI is InChI=1S/C18H26N2S/c1-6-13(2)17-20-15(12-19-18(3,4)5)16(21-17)14-10-8-7-9-11-14/h7-11,13,19H,6,12H2,1-5H3. The monoisotopic (exact) mass is 302 g/mol. The second kappa shape index (κ2) is 6.71. The summed E-state index contributed by atoms with van der Waals surface area (Å²) in [6.07, 6.45) is 1.13. The van der Waals surface area contributed by atoms with Crippen molar-refractivity contribution in [3.8, 4) is 10.4 Å². The first-order valence-electron chi connectivity index (χ1n) is 7.70. The second-order valence-corrected chi connectivity index (χ2v) is 7.64. The highest BCUT2D eigenvalue weighted by molar-refractivity contribution is 7.15. The van der Waals surface area contributed by atoms with Crippen molar-refractivity contribution in [2.45, 2.75) is 59.0 Å². The van der Waals surface area contributed by atoms with Crippen molar-refractivity contribution in [3.63, 3.8) is 0 Å². The number of nitrogens with zero attached hydrogens (tertiary/aromatic N) is 1. The molecule has 2 rings (SSSR count). The predicted octanol–water partition coefficient (Wildman–Crippen LogP) is 5.21. The van der Waals surface area contributed by atoms with Crippen LogP contribution < -0.4 is 5.32 Å². The van der Waals surface area contributed by atoms with Gasteiger partial charge in [0.1, 0.15) is 0 Å². The summed E-state index contributed by atoms with van der Waals surface area (Å²) in [6, 6.07) is 10.6. The molecule has 0 amide bonds. The number of aromatic nitrogens is 1. The van der Waals surface area contributed by atoms with E-state index in [1.54, 1.807) is 0 Å². The Morgan fingerprint density at radius 2 is 1.86 bits per heavy atom. The molecule has 1 aromatic carbocycles. The molecule has 0 fully saturated rings. The summed E-state index contributed by atoms with van der Waals surface area (Å²) in [5.74, 6) is 0.529. The zero-order chi connectivity index (χ0) is 15.5. The number of benzene rings is 1. The van der Waals surface area contributed by atoms with Crippen LogP contribution in [0.1, 0.15) is 57.7 Å². The van der Waals surface area contributed by atoms with Crippen LogP contribution in [-0.4, -0.2) is 10.5 Å². The van der Waals surface area contributed by atoms with Gasteiger partial charge in [-0.2, -0.15) is 0 Å². The SMILES string of the molecule is CCC(C)c1nc(CNC(C)(C)C)c(-c2ccccc2)s1. The minimum Gasteiger partial charge on any atom is -0.306 e. The summed E-state index contributed by atoms with van der Waals surface area (Å²) >= 11 is 1.84. The first-order chi connectivity index (χ1) is 9.90. The van der Waals surface area contributed by atoms with E-state index in [1.165, 1.54) is 21.1 Å². The van der Waals surface area contributed by atoms with E-state index in [1.807, 2.05) is 11.3 Å². The fraction of sp³-hybridized carbons (Fsp3) is 0.500. The van der Waals surface area contributed by atoms with Crippen LogP contribution in [0.3, 0.4) is 0 Å². The Morgan fingerprint density at radius 1 is 1.19 bits per heavy atom. The normalized spacial score (nSPS) is 13.4. The van der Waals surface area contributed by atoms with E-state index in [0.29, 0.717) is 5.92 Å². The molecule has 0 aliphatic rings. The molecule has 0 aliphatic carbocycles. The van der Waals surface area contributed by atoms with E-state index in [2.05, 4.69) is 70.3 Å². The summed E-state index contributed by atoms with van der Waals surface area (Å²) < 4.78 is 0. The molecule has 0 spiro atoms. The van der Waals surface area contributed by atoms with Crippen molar-refractivity contribution in [1.29, 1.82) is 0 Å². The van der Waals surface area contributed by atoms with Gasteiger partial charge < -0.3 is 5.32 Å². The summed E-state index contributed by atoms with van der Waals surface area (Å²) in [7, 11) is 0. The molecule has 1 heterocycles. The smallest absolute Gasteiger partial charge is 0.0963 e. The van der Waals surface area contributed by atoms with Crippen LogP contribution in [0.15, 0.2) is 30.3 Å². The van der Waals surface area contributed by atoms with E-state index in [-0.39, 0.29) is 5.54 Å². The van der Waals surface area contributed by atoms with Gasteiger partial charge in [0.15, 0.2) is 0 Å². The quantitative estimate of drug-likeness (QED) is 0.820. The Bertz CT molecular complexity index is 567. The lowest BCUT2D eigenvalue weighted by Gasteiger charge is -2.20. The maximum absolute atomic E-state index is 4.92. The Kier molecular flexibility index (Phi) is 5.17. The lowest BCUT2D eigenvalue weighted by atomic mass is 10.1. The summed E-state index contributed by atoms with van der Waals surface area (Å²) in [6.45, 7) is 11.9. The molecule has 0 saturated carbocycles. The maximum Gasteiger partial charge on any atom is 0.0963 e. The zero-order valence-electron chi connectivity index (χ0n) is 13.7. The van der Waals surface area contributed by atoms with Crippen molar-refractivity contribution in [2.24, 2.45) is 0 Å². The summed E-state index contributed by atoms with van der Waals surface area (Å²) in [4.78, 5) is 6.22. The van der Waals surface area contributed by atoms with E-state index < -0.39 is 0 Å². The highest BCUT2D eigenvalue weighted by atomic mass is 32.1. The third-order valence-electron chi connectivity index (χ3n) is 3.57. The van der Waals surface area contributed by atoms with Gasteiger partial charge in [-0.1, -0.05) is 44.2 Å². The van der Waals surface area contributed by atoms with E-state index in [4.69, 9.17) is 4.98 Å². The molecule has 114 valence electrons. The van der Waals surface area contributed by atoms with Crippen LogP contribution in [0.2, 0.25) is 0 Å². The van der Waals surface area contributed by atoms with Crippen molar-refractivity contribution in [2.75, 3.05) is 0 Å². The van der Waals surface area contributed by atoms with E-state index in [0.717, 1.165) is 13.0 Å². The van der Waals surface area contributed by atoms with Crippen LogP contribution in [0.25, 0.3) is 10.4 Å².